The number of aromatic nitrogens is 6. The lowest BCUT2D eigenvalue weighted by atomic mass is 10.1. The van der Waals surface area contributed by atoms with Crippen LogP contribution >= 0.6 is 11.3 Å². The Morgan fingerprint density at radius 1 is 1.03 bits per heavy atom. The molecular formula is C25H22N6OS. The molecule has 0 atom stereocenters. The second-order valence-electron chi connectivity index (χ2n) is 8.52. The number of nitrogens with zero attached hydrogens (tertiary/aromatic N) is 4. The molecule has 7 nitrogen and oxygen atoms in total. The van der Waals surface area contributed by atoms with Crippen LogP contribution in [0.4, 0.5) is 0 Å². The predicted octanol–water partition coefficient (Wildman–Crippen LogP) is 5.24. The topological polar surface area (TPSA) is 92.2 Å². The Balaban J connectivity index is 1.44. The number of hydrogen-bond acceptors (Lipinski definition) is 5. The van der Waals surface area contributed by atoms with Crippen molar-refractivity contribution < 1.29 is 0 Å². The summed E-state index contributed by atoms with van der Waals surface area (Å²) in [6.45, 7) is 4.27. The van der Waals surface area contributed by atoms with Crippen LogP contribution in [-0.2, 0) is 12.8 Å². The van der Waals surface area contributed by atoms with Crippen LogP contribution in [0.3, 0.4) is 0 Å². The van der Waals surface area contributed by atoms with Gasteiger partial charge < -0.3 is 14.5 Å². The molecule has 33 heavy (non-hydrogen) atoms. The van der Waals surface area contributed by atoms with E-state index in [0.29, 0.717) is 0 Å². The van der Waals surface area contributed by atoms with Gasteiger partial charge in [-0.15, -0.1) is 11.3 Å². The molecule has 164 valence electrons. The highest BCUT2D eigenvalue weighted by atomic mass is 32.1. The van der Waals surface area contributed by atoms with E-state index in [4.69, 9.17) is 9.97 Å². The van der Waals surface area contributed by atoms with E-state index in [9.17, 15) is 4.79 Å². The standard InChI is InChI=1S/C25H22N6OS/c1-14(2)31-13-26-22-19(10-8-15-7-9-18-20(11-15)29-25(32)28-18)27-23(30-24(22)31)17-12-33-21-6-4-3-5-16(17)21/h3-7,9,11-14H,8,10H2,1-2H3,(H2,28,29,32). The van der Waals surface area contributed by atoms with Crippen LogP contribution < -0.4 is 5.69 Å². The van der Waals surface area contributed by atoms with E-state index in [1.807, 2.05) is 24.5 Å². The van der Waals surface area contributed by atoms with Gasteiger partial charge in [-0.1, -0.05) is 24.3 Å². The molecule has 8 heteroatoms. The van der Waals surface area contributed by atoms with E-state index in [1.54, 1.807) is 11.3 Å². The molecule has 2 aromatic carbocycles. The number of hydrogen-bond donors (Lipinski definition) is 2. The molecule has 0 fully saturated rings. The van der Waals surface area contributed by atoms with Gasteiger partial charge in [-0.2, -0.15) is 0 Å². The first-order chi connectivity index (χ1) is 16.1. The number of thiophene rings is 1. The first-order valence-electron chi connectivity index (χ1n) is 11.0. The number of benzene rings is 2. The zero-order chi connectivity index (χ0) is 22.5. The van der Waals surface area contributed by atoms with Crippen molar-refractivity contribution in [3.05, 3.63) is 75.9 Å². The number of aromatic amines is 2. The van der Waals surface area contributed by atoms with Crippen molar-refractivity contribution in [2.75, 3.05) is 0 Å². The van der Waals surface area contributed by atoms with Gasteiger partial charge in [0.05, 0.1) is 23.1 Å². The third-order valence-electron chi connectivity index (χ3n) is 6.00. The third kappa shape index (κ3) is 3.43. The highest BCUT2D eigenvalue weighted by molar-refractivity contribution is 7.17. The normalized spacial score (nSPS) is 12.0. The fourth-order valence-corrected chi connectivity index (χ4v) is 5.24. The van der Waals surface area contributed by atoms with Gasteiger partial charge in [-0.05, 0) is 50.5 Å². The van der Waals surface area contributed by atoms with Crippen molar-refractivity contribution in [3.63, 3.8) is 0 Å². The number of rotatable bonds is 5. The molecule has 0 aliphatic carbocycles. The molecule has 0 saturated carbocycles. The molecule has 6 aromatic rings. The van der Waals surface area contributed by atoms with Gasteiger partial charge in [0.15, 0.2) is 11.5 Å². The monoisotopic (exact) mass is 454 g/mol. The number of aryl methyl sites for hydroxylation is 2. The summed E-state index contributed by atoms with van der Waals surface area (Å²) < 4.78 is 3.33. The molecule has 0 aliphatic heterocycles. The third-order valence-corrected chi connectivity index (χ3v) is 6.97. The van der Waals surface area contributed by atoms with Gasteiger partial charge in [0.25, 0.3) is 0 Å². The van der Waals surface area contributed by atoms with Crippen molar-refractivity contribution in [1.29, 1.82) is 0 Å². The van der Waals surface area contributed by atoms with Crippen LogP contribution in [0, 0.1) is 0 Å². The minimum Gasteiger partial charge on any atom is -0.313 e. The summed E-state index contributed by atoms with van der Waals surface area (Å²) in [4.78, 5) is 31.9. The van der Waals surface area contributed by atoms with Gasteiger partial charge in [0.1, 0.15) is 5.52 Å². The summed E-state index contributed by atoms with van der Waals surface area (Å²) >= 11 is 1.71. The molecule has 6 rings (SSSR count). The molecule has 0 radical (unpaired) electrons. The van der Waals surface area contributed by atoms with Crippen LogP contribution in [-0.4, -0.2) is 29.5 Å². The molecular weight excluding hydrogens is 432 g/mol. The minimum atomic E-state index is -0.188. The van der Waals surface area contributed by atoms with E-state index in [-0.39, 0.29) is 11.7 Å². The maximum atomic E-state index is 11.6. The molecule has 0 unspecified atom stereocenters. The van der Waals surface area contributed by atoms with Crippen LogP contribution in [0.15, 0.2) is 59.0 Å². The lowest BCUT2D eigenvalue weighted by molar-refractivity contribution is 0.613. The van der Waals surface area contributed by atoms with Crippen LogP contribution in [0.25, 0.3) is 43.7 Å². The Hall–Kier alpha value is -3.78. The molecule has 0 bridgehead atoms. The number of imidazole rings is 2. The summed E-state index contributed by atoms with van der Waals surface area (Å²) in [5.41, 5.74) is 6.29. The Kier molecular flexibility index (Phi) is 4.62. The second-order valence-corrected chi connectivity index (χ2v) is 9.43. The van der Waals surface area contributed by atoms with Crippen molar-refractivity contribution in [2.45, 2.75) is 32.7 Å². The fraction of sp³-hybridized carbons (Fsp3) is 0.200. The first-order valence-corrected chi connectivity index (χ1v) is 11.9. The molecule has 0 spiro atoms. The Labute approximate surface area is 193 Å². The summed E-state index contributed by atoms with van der Waals surface area (Å²) in [5.74, 6) is 0.739. The van der Waals surface area contributed by atoms with Crippen molar-refractivity contribution >= 4 is 43.6 Å². The molecule has 0 aliphatic rings. The van der Waals surface area contributed by atoms with Crippen molar-refractivity contribution in [1.82, 2.24) is 29.5 Å². The number of H-pyrrole nitrogens is 2. The lowest BCUT2D eigenvalue weighted by Crippen LogP contribution is -2.04. The van der Waals surface area contributed by atoms with Gasteiger partial charge >= 0.3 is 5.69 Å². The average Bonchev–Trinajstić information content (AvgIpc) is 3.52. The van der Waals surface area contributed by atoms with Gasteiger partial charge in [0, 0.05) is 27.1 Å². The smallest absolute Gasteiger partial charge is 0.313 e. The highest BCUT2D eigenvalue weighted by Crippen LogP contribution is 2.33. The molecule has 4 heterocycles. The first kappa shape index (κ1) is 19.9. The Bertz CT molecular complexity index is 1690. The van der Waals surface area contributed by atoms with Gasteiger partial charge in [0.2, 0.25) is 0 Å². The molecule has 4 aromatic heterocycles. The maximum absolute atomic E-state index is 11.6. The van der Waals surface area contributed by atoms with E-state index in [2.05, 4.69) is 63.0 Å². The van der Waals surface area contributed by atoms with Crippen LogP contribution in [0.2, 0.25) is 0 Å². The van der Waals surface area contributed by atoms with Crippen molar-refractivity contribution in [3.8, 4) is 11.4 Å². The second kappa shape index (κ2) is 7.67. The highest BCUT2D eigenvalue weighted by Gasteiger charge is 2.18. The van der Waals surface area contributed by atoms with Gasteiger partial charge in [-0.25, -0.2) is 19.7 Å². The Morgan fingerprint density at radius 2 is 1.88 bits per heavy atom. The van der Waals surface area contributed by atoms with Crippen LogP contribution in [0.5, 0.6) is 0 Å². The average molecular weight is 455 g/mol. The fourth-order valence-electron chi connectivity index (χ4n) is 4.30. The summed E-state index contributed by atoms with van der Waals surface area (Å²) in [6, 6.07) is 14.6. The quantitative estimate of drug-likeness (QED) is 0.372. The summed E-state index contributed by atoms with van der Waals surface area (Å²) in [6.07, 6.45) is 3.37. The molecule has 0 amide bonds. The lowest BCUT2D eigenvalue weighted by Gasteiger charge is -2.10. The zero-order valence-corrected chi connectivity index (χ0v) is 19.1. The van der Waals surface area contributed by atoms with E-state index in [1.165, 1.54) is 10.1 Å². The van der Waals surface area contributed by atoms with Crippen molar-refractivity contribution in [2.24, 2.45) is 0 Å². The van der Waals surface area contributed by atoms with E-state index >= 15 is 0 Å². The predicted molar refractivity (Wildman–Crippen MR) is 133 cm³/mol. The van der Waals surface area contributed by atoms with Gasteiger partial charge in [-0.3, -0.25) is 0 Å². The summed E-state index contributed by atoms with van der Waals surface area (Å²) in [5, 5.41) is 3.31. The minimum absolute atomic E-state index is 0.188. The summed E-state index contributed by atoms with van der Waals surface area (Å²) in [7, 11) is 0. The largest absolute Gasteiger partial charge is 0.323 e. The maximum Gasteiger partial charge on any atom is 0.323 e. The SMILES string of the molecule is CC(C)n1cnc2c(CCc3ccc4[nH]c(=O)[nH]c4c3)nc(-c3csc4ccccc34)nc21. The Morgan fingerprint density at radius 3 is 2.76 bits per heavy atom. The molecule has 0 saturated heterocycles. The number of fused-ring (bicyclic) bond motifs is 3. The zero-order valence-electron chi connectivity index (χ0n) is 18.3. The molecule has 2 N–H and O–H groups in total. The van der Waals surface area contributed by atoms with Crippen LogP contribution in [0.1, 0.15) is 31.1 Å². The van der Waals surface area contributed by atoms with E-state index < -0.39 is 0 Å². The van der Waals surface area contributed by atoms with E-state index in [0.717, 1.165) is 57.7 Å². The number of nitrogens with one attached hydrogen (secondary N) is 2.